The van der Waals surface area contributed by atoms with Crippen LogP contribution in [0.4, 0.5) is 5.82 Å². The predicted octanol–water partition coefficient (Wildman–Crippen LogP) is 4.57. The number of rotatable bonds is 3. The molecule has 0 atom stereocenters. The molecule has 0 unspecified atom stereocenters. The van der Waals surface area contributed by atoms with Gasteiger partial charge in [-0.1, -0.05) is 60.2 Å². The van der Waals surface area contributed by atoms with Crippen molar-refractivity contribution in [3.05, 3.63) is 90.0 Å². The van der Waals surface area contributed by atoms with Crippen molar-refractivity contribution >= 4 is 22.5 Å². The highest BCUT2D eigenvalue weighted by atomic mass is 16.2. The van der Waals surface area contributed by atoms with Crippen molar-refractivity contribution < 1.29 is 4.79 Å². The van der Waals surface area contributed by atoms with Crippen LogP contribution >= 0.6 is 0 Å². The minimum atomic E-state index is 0.0891. The first-order valence-corrected chi connectivity index (χ1v) is 10.6. The first kappa shape index (κ1) is 19.2. The van der Waals surface area contributed by atoms with E-state index in [1.807, 2.05) is 53.4 Å². The Morgan fingerprint density at radius 1 is 0.774 bits per heavy atom. The zero-order chi connectivity index (χ0) is 21.2. The molecule has 2 heterocycles. The molecule has 4 aromatic rings. The fraction of sp³-hybridized carbons (Fsp3) is 0.192. The third-order valence-electron chi connectivity index (χ3n) is 5.89. The minimum absolute atomic E-state index is 0.0891. The van der Waals surface area contributed by atoms with E-state index in [4.69, 9.17) is 0 Å². The summed E-state index contributed by atoms with van der Waals surface area (Å²) in [4.78, 5) is 17.1. The van der Waals surface area contributed by atoms with Crippen molar-refractivity contribution in [1.29, 1.82) is 0 Å². The lowest BCUT2D eigenvalue weighted by molar-refractivity contribution is 0.0746. The van der Waals surface area contributed by atoms with Crippen LogP contribution in [0.2, 0.25) is 0 Å². The lowest BCUT2D eigenvalue weighted by atomic mass is 10.1. The van der Waals surface area contributed by atoms with Crippen LogP contribution in [0.15, 0.2) is 78.9 Å². The van der Waals surface area contributed by atoms with Gasteiger partial charge in [-0.25, -0.2) is 0 Å². The molecule has 0 N–H and O–H groups in total. The molecule has 1 fully saturated rings. The van der Waals surface area contributed by atoms with Gasteiger partial charge in [0.05, 0.1) is 5.69 Å². The van der Waals surface area contributed by atoms with E-state index in [1.165, 1.54) is 5.56 Å². The Bertz CT molecular complexity index is 1210. The molecule has 1 saturated heterocycles. The van der Waals surface area contributed by atoms with Gasteiger partial charge in [0.25, 0.3) is 5.91 Å². The summed E-state index contributed by atoms with van der Waals surface area (Å²) in [6.07, 6.45) is 0. The monoisotopic (exact) mass is 408 g/mol. The number of carbonyl (C=O) groups excluding carboxylic acids is 1. The summed E-state index contributed by atoms with van der Waals surface area (Å²) in [6, 6.07) is 26.4. The molecule has 1 aliphatic rings. The van der Waals surface area contributed by atoms with E-state index in [0.717, 1.165) is 46.5 Å². The molecule has 0 saturated carbocycles. The van der Waals surface area contributed by atoms with Gasteiger partial charge in [0, 0.05) is 37.3 Å². The smallest absolute Gasteiger partial charge is 0.253 e. The maximum Gasteiger partial charge on any atom is 0.253 e. The number of fused-ring (bicyclic) bond motifs is 1. The van der Waals surface area contributed by atoms with Crippen LogP contribution in [0.5, 0.6) is 0 Å². The molecule has 1 amide bonds. The first-order valence-electron chi connectivity index (χ1n) is 10.6. The molecule has 1 aliphatic heterocycles. The standard InChI is InChI=1S/C26H24N4O/c1-19-6-8-21(9-7-19)24-12-13-25(28-27-24)29-14-16-30(17-15-29)26(31)23-11-10-20-4-2-3-5-22(20)18-23/h2-13,18H,14-17H2,1H3. The number of carbonyl (C=O) groups is 1. The number of anilines is 1. The van der Waals surface area contributed by atoms with Crippen molar-refractivity contribution in [3.8, 4) is 11.3 Å². The van der Waals surface area contributed by atoms with E-state index in [1.54, 1.807) is 0 Å². The Balaban J connectivity index is 1.24. The molecule has 0 aliphatic carbocycles. The number of hydrogen-bond donors (Lipinski definition) is 0. The van der Waals surface area contributed by atoms with Gasteiger partial charge < -0.3 is 9.80 Å². The van der Waals surface area contributed by atoms with Crippen LogP contribution in [-0.4, -0.2) is 47.2 Å². The summed E-state index contributed by atoms with van der Waals surface area (Å²) in [7, 11) is 0. The SMILES string of the molecule is Cc1ccc(-c2ccc(N3CCN(C(=O)c4ccc5ccccc5c4)CC3)nn2)cc1. The molecule has 0 radical (unpaired) electrons. The van der Waals surface area contributed by atoms with Crippen LogP contribution in [-0.2, 0) is 0 Å². The third-order valence-corrected chi connectivity index (χ3v) is 5.89. The second kappa shape index (κ2) is 8.19. The third kappa shape index (κ3) is 3.99. The quantitative estimate of drug-likeness (QED) is 0.498. The van der Waals surface area contributed by atoms with Gasteiger partial charge in [-0.05, 0) is 42.0 Å². The van der Waals surface area contributed by atoms with Crippen molar-refractivity contribution in [2.75, 3.05) is 31.1 Å². The van der Waals surface area contributed by atoms with Gasteiger partial charge in [-0.2, -0.15) is 0 Å². The number of aromatic nitrogens is 2. The van der Waals surface area contributed by atoms with Crippen LogP contribution in [0.1, 0.15) is 15.9 Å². The summed E-state index contributed by atoms with van der Waals surface area (Å²) in [5.74, 6) is 0.944. The topological polar surface area (TPSA) is 49.3 Å². The summed E-state index contributed by atoms with van der Waals surface area (Å²) >= 11 is 0. The summed E-state index contributed by atoms with van der Waals surface area (Å²) in [6.45, 7) is 4.92. The minimum Gasteiger partial charge on any atom is -0.352 e. The number of benzene rings is 3. The van der Waals surface area contributed by atoms with Gasteiger partial charge in [0.2, 0.25) is 0 Å². The number of hydrogen-bond acceptors (Lipinski definition) is 4. The zero-order valence-corrected chi connectivity index (χ0v) is 17.5. The summed E-state index contributed by atoms with van der Waals surface area (Å²) in [5.41, 5.74) is 3.91. The van der Waals surface area contributed by atoms with Crippen molar-refractivity contribution in [2.24, 2.45) is 0 Å². The van der Waals surface area contributed by atoms with Crippen LogP contribution in [0.3, 0.4) is 0 Å². The zero-order valence-electron chi connectivity index (χ0n) is 17.5. The second-order valence-corrected chi connectivity index (χ2v) is 7.98. The molecule has 0 bridgehead atoms. The fourth-order valence-electron chi connectivity index (χ4n) is 4.02. The van der Waals surface area contributed by atoms with E-state index in [0.29, 0.717) is 13.1 Å². The van der Waals surface area contributed by atoms with Crippen molar-refractivity contribution in [1.82, 2.24) is 15.1 Å². The van der Waals surface area contributed by atoms with Crippen LogP contribution in [0, 0.1) is 6.92 Å². The van der Waals surface area contributed by atoms with Crippen LogP contribution in [0.25, 0.3) is 22.0 Å². The second-order valence-electron chi connectivity index (χ2n) is 7.98. The highest BCUT2D eigenvalue weighted by Crippen LogP contribution is 2.21. The number of piperazine rings is 1. The molecule has 3 aromatic carbocycles. The predicted molar refractivity (Wildman–Crippen MR) is 124 cm³/mol. The highest BCUT2D eigenvalue weighted by molar-refractivity contribution is 5.98. The molecular formula is C26H24N4O. The number of aryl methyl sites for hydroxylation is 1. The van der Waals surface area contributed by atoms with Crippen molar-refractivity contribution in [2.45, 2.75) is 6.92 Å². The van der Waals surface area contributed by atoms with Gasteiger partial charge in [-0.15, -0.1) is 10.2 Å². The van der Waals surface area contributed by atoms with E-state index in [2.05, 4.69) is 52.4 Å². The maximum absolute atomic E-state index is 13.0. The molecule has 1 aromatic heterocycles. The molecule has 0 spiro atoms. The molecule has 5 heteroatoms. The van der Waals surface area contributed by atoms with E-state index < -0.39 is 0 Å². The van der Waals surface area contributed by atoms with Gasteiger partial charge in [0.15, 0.2) is 5.82 Å². The fourth-order valence-corrected chi connectivity index (χ4v) is 4.02. The summed E-state index contributed by atoms with van der Waals surface area (Å²) < 4.78 is 0. The Labute approximate surface area is 182 Å². The lowest BCUT2D eigenvalue weighted by Gasteiger charge is -2.35. The molecule has 31 heavy (non-hydrogen) atoms. The maximum atomic E-state index is 13.0. The van der Waals surface area contributed by atoms with Gasteiger partial charge in [0.1, 0.15) is 0 Å². The van der Waals surface area contributed by atoms with Crippen LogP contribution < -0.4 is 4.90 Å². The average Bonchev–Trinajstić information content (AvgIpc) is 2.84. The molecular weight excluding hydrogens is 384 g/mol. The highest BCUT2D eigenvalue weighted by Gasteiger charge is 2.23. The van der Waals surface area contributed by atoms with Crippen molar-refractivity contribution in [3.63, 3.8) is 0 Å². The van der Waals surface area contributed by atoms with Gasteiger partial charge >= 0.3 is 0 Å². The Hall–Kier alpha value is -3.73. The Kier molecular flexibility index (Phi) is 5.08. The first-order chi connectivity index (χ1) is 15.2. The molecule has 5 nitrogen and oxygen atoms in total. The largest absolute Gasteiger partial charge is 0.352 e. The van der Waals surface area contributed by atoms with E-state index >= 15 is 0 Å². The molecule has 154 valence electrons. The summed E-state index contributed by atoms with van der Waals surface area (Å²) in [5, 5.41) is 11.1. The average molecular weight is 409 g/mol. The Morgan fingerprint density at radius 3 is 2.23 bits per heavy atom. The van der Waals surface area contributed by atoms with E-state index in [-0.39, 0.29) is 5.91 Å². The molecule has 5 rings (SSSR count). The van der Waals surface area contributed by atoms with E-state index in [9.17, 15) is 4.79 Å². The number of amides is 1. The lowest BCUT2D eigenvalue weighted by Crippen LogP contribution is -2.49. The normalized spacial score (nSPS) is 14.1. The number of nitrogens with zero attached hydrogens (tertiary/aromatic N) is 4. The van der Waals surface area contributed by atoms with Gasteiger partial charge in [-0.3, -0.25) is 4.79 Å². The Morgan fingerprint density at radius 2 is 1.52 bits per heavy atom.